The highest BCUT2D eigenvalue weighted by atomic mass is 16.2. The fourth-order valence-corrected chi connectivity index (χ4v) is 3.92. The van der Waals surface area contributed by atoms with Crippen LogP contribution in [-0.2, 0) is 9.59 Å². The molecule has 1 aromatic carbocycles. The predicted octanol–water partition coefficient (Wildman–Crippen LogP) is 3.14. The summed E-state index contributed by atoms with van der Waals surface area (Å²) in [4.78, 5) is 29.2. The van der Waals surface area contributed by atoms with E-state index in [4.69, 9.17) is 0 Å². The Morgan fingerprint density at radius 1 is 1.26 bits per heavy atom. The van der Waals surface area contributed by atoms with Gasteiger partial charge in [-0.1, -0.05) is 25.1 Å². The lowest BCUT2D eigenvalue weighted by Gasteiger charge is -2.36. The lowest BCUT2D eigenvalue weighted by atomic mass is 9.97. The molecule has 0 spiro atoms. The summed E-state index contributed by atoms with van der Waals surface area (Å²) >= 11 is 0. The van der Waals surface area contributed by atoms with Crippen LogP contribution < -0.4 is 4.90 Å². The van der Waals surface area contributed by atoms with Gasteiger partial charge >= 0.3 is 0 Å². The number of anilines is 1. The van der Waals surface area contributed by atoms with E-state index in [9.17, 15) is 9.59 Å². The van der Waals surface area contributed by atoms with E-state index in [1.807, 2.05) is 36.1 Å². The van der Waals surface area contributed by atoms with Crippen molar-refractivity contribution in [2.24, 2.45) is 5.92 Å². The van der Waals surface area contributed by atoms with Crippen molar-refractivity contribution in [2.45, 2.75) is 52.0 Å². The molecule has 0 radical (unpaired) electrons. The van der Waals surface area contributed by atoms with Gasteiger partial charge in [-0.05, 0) is 44.2 Å². The molecule has 2 atom stereocenters. The van der Waals surface area contributed by atoms with Crippen LogP contribution in [0.5, 0.6) is 0 Å². The minimum atomic E-state index is -0.186. The molecule has 0 unspecified atom stereocenters. The van der Waals surface area contributed by atoms with Gasteiger partial charge in [-0.2, -0.15) is 0 Å². The van der Waals surface area contributed by atoms with Crippen molar-refractivity contribution in [1.29, 1.82) is 0 Å². The van der Waals surface area contributed by atoms with Gasteiger partial charge in [0.1, 0.15) is 0 Å². The molecule has 2 heterocycles. The number of likely N-dealkylation sites (tertiary alicyclic amines) is 1. The van der Waals surface area contributed by atoms with Crippen molar-refractivity contribution in [3.05, 3.63) is 29.8 Å². The molecule has 0 aromatic heterocycles. The number of carbonyl (C=O) groups is 2. The average Bonchev–Trinajstić information content (AvgIpc) is 2.96. The summed E-state index contributed by atoms with van der Waals surface area (Å²) < 4.78 is 0. The fraction of sp³-hybridized carbons (Fsp3) is 0.579. The normalized spacial score (nSPS) is 25.0. The minimum Gasteiger partial charge on any atom is -0.339 e. The molecule has 4 nitrogen and oxygen atoms in total. The number of carbonyl (C=O) groups excluding carboxylic acids is 2. The Hall–Kier alpha value is -1.84. The van der Waals surface area contributed by atoms with Crippen LogP contribution in [0.25, 0.3) is 0 Å². The van der Waals surface area contributed by atoms with Gasteiger partial charge in [0.15, 0.2) is 0 Å². The minimum absolute atomic E-state index is 0.0720. The molecule has 2 fully saturated rings. The van der Waals surface area contributed by atoms with Crippen LogP contribution in [0.3, 0.4) is 0 Å². The van der Waals surface area contributed by atoms with Crippen LogP contribution in [0.15, 0.2) is 24.3 Å². The first-order valence-electron chi connectivity index (χ1n) is 8.78. The van der Waals surface area contributed by atoms with E-state index in [1.54, 1.807) is 4.90 Å². The van der Waals surface area contributed by atoms with Gasteiger partial charge in [0.05, 0.1) is 5.92 Å². The van der Waals surface area contributed by atoms with E-state index in [1.165, 1.54) is 6.42 Å². The maximum Gasteiger partial charge on any atom is 0.228 e. The molecular weight excluding hydrogens is 288 g/mol. The van der Waals surface area contributed by atoms with Gasteiger partial charge in [-0.3, -0.25) is 9.59 Å². The second-order valence-electron chi connectivity index (χ2n) is 6.78. The monoisotopic (exact) mass is 314 g/mol. The van der Waals surface area contributed by atoms with E-state index in [2.05, 4.69) is 6.92 Å². The zero-order valence-electron chi connectivity index (χ0n) is 14.1. The number of hydrogen-bond acceptors (Lipinski definition) is 2. The van der Waals surface area contributed by atoms with Gasteiger partial charge < -0.3 is 9.80 Å². The average molecular weight is 314 g/mol. The Labute approximate surface area is 138 Å². The molecule has 1 aromatic rings. The molecule has 0 N–H and O–H groups in total. The smallest absolute Gasteiger partial charge is 0.228 e. The summed E-state index contributed by atoms with van der Waals surface area (Å²) in [7, 11) is 0. The second-order valence-corrected chi connectivity index (χ2v) is 6.78. The predicted molar refractivity (Wildman–Crippen MR) is 91.3 cm³/mol. The first-order chi connectivity index (χ1) is 11.1. The molecule has 23 heavy (non-hydrogen) atoms. The van der Waals surface area contributed by atoms with Crippen molar-refractivity contribution >= 4 is 17.5 Å². The number of hydrogen-bond donors (Lipinski definition) is 0. The highest BCUT2D eigenvalue weighted by Gasteiger charge is 2.39. The molecule has 2 aliphatic rings. The SMILES string of the molecule is CC[C@@H]1CCCCN1C(=O)[C@H]1CC(=O)N(c2ccccc2C)C1. The number of aryl methyl sites for hydroxylation is 1. The van der Waals surface area contributed by atoms with Crippen molar-refractivity contribution in [2.75, 3.05) is 18.0 Å². The molecule has 2 aliphatic heterocycles. The Morgan fingerprint density at radius 3 is 2.78 bits per heavy atom. The van der Waals surface area contributed by atoms with E-state index in [0.29, 0.717) is 19.0 Å². The van der Waals surface area contributed by atoms with E-state index >= 15 is 0 Å². The highest BCUT2D eigenvalue weighted by Crippen LogP contribution is 2.30. The first kappa shape index (κ1) is 16.0. The fourth-order valence-electron chi connectivity index (χ4n) is 3.92. The van der Waals surface area contributed by atoms with Crippen molar-refractivity contribution in [3.8, 4) is 0 Å². The molecule has 0 saturated carbocycles. The Kier molecular flexibility index (Phi) is 4.69. The van der Waals surface area contributed by atoms with Crippen LogP contribution in [0, 0.1) is 12.8 Å². The maximum absolute atomic E-state index is 12.9. The van der Waals surface area contributed by atoms with Gasteiger partial charge in [-0.25, -0.2) is 0 Å². The quantitative estimate of drug-likeness (QED) is 0.860. The van der Waals surface area contributed by atoms with Crippen LogP contribution in [0.2, 0.25) is 0 Å². The number of rotatable bonds is 3. The van der Waals surface area contributed by atoms with E-state index in [-0.39, 0.29) is 17.7 Å². The van der Waals surface area contributed by atoms with Gasteiger partial charge in [0.2, 0.25) is 11.8 Å². The summed E-state index contributed by atoms with van der Waals surface area (Å²) in [5.74, 6) is 0.0675. The number of nitrogens with zero attached hydrogens (tertiary/aromatic N) is 2. The Balaban J connectivity index is 1.74. The van der Waals surface area contributed by atoms with Gasteiger partial charge in [0.25, 0.3) is 0 Å². The highest BCUT2D eigenvalue weighted by molar-refractivity contribution is 6.00. The first-order valence-corrected chi connectivity index (χ1v) is 8.78. The van der Waals surface area contributed by atoms with Crippen molar-refractivity contribution in [1.82, 2.24) is 4.90 Å². The third-order valence-electron chi connectivity index (χ3n) is 5.26. The molecule has 3 rings (SSSR count). The third-order valence-corrected chi connectivity index (χ3v) is 5.26. The lowest BCUT2D eigenvalue weighted by Crippen LogP contribution is -2.46. The summed E-state index contributed by atoms with van der Waals surface area (Å²) in [6.45, 7) is 5.53. The van der Waals surface area contributed by atoms with Crippen LogP contribution in [0.1, 0.15) is 44.6 Å². The Bertz CT molecular complexity index is 599. The molecule has 0 aliphatic carbocycles. The largest absolute Gasteiger partial charge is 0.339 e. The molecular formula is C19H26N2O2. The summed E-state index contributed by atoms with van der Waals surface area (Å²) in [6, 6.07) is 8.26. The van der Waals surface area contributed by atoms with E-state index in [0.717, 1.165) is 37.1 Å². The number of amides is 2. The van der Waals surface area contributed by atoms with Crippen LogP contribution in [0.4, 0.5) is 5.69 Å². The maximum atomic E-state index is 12.9. The molecule has 124 valence electrons. The number of benzene rings is 1. The topological polar surface area (TPSA) is 40.6 Å². The van der Waals surface area contributed by atoms with Gasteiger partial charge in [-0.15, -0.1) is 0 Å². The van der Waals surface area contributed by atoms with Crippen molar-refractivity contribution < 1.29 is 9.59 Å². The zero-order chi connectivity index (χ0) is 16.4. The van der Waals surface area contributed by atoms with Crippen LogP contribution >= 0.6 is 0 Å². The number of piperidine rings is 1. The van der Waals surface area contributed by atoms with E-state index < -0.39 is 0 Å². The summed E-state index contributed by atoms with van der Waals surface area (Å²) in [5.41, 5.74) is 2.02. The second kappa shape index (κ2) is 6.73. The molecule has 4 heteroatoms. The lowest BCUT2D eigenvalue weighted by molar-refractivity contribution is -0.139. The summed E-state index contributed by atoms with van der Waals surface area (Å²) in [5, 5.41) is 0. The summed E-state index contributed by atoms with van der Waals surface area (Å²) in [6.07, 6.45) is 4.75. The Morgan fingerprint density at radius 2 is 2.04 bits per heavy atom. The molecule has 0 bridgehead atoms. The third kappa shape index (κ3) is 3.12. The van der Waals surface area contributed by atoms with Crippen LogP contribution in [-0.4, -0.2) is 35.8 Å². The molecule has 2 amide bonds. The standard InChI is InChI=1S/C19H26N2O2/c1-3-16-9-6-7-11-20(16)19(23)15-12-18(22)21(13-15)17-10-5-4-8-14(17)2/h4-5,8,10,15-16H,3,6-7,9,11-13H2,1-2H3/t15-,16+/m0/s1. The van der Waals surface area contributed by atoms with Crippen molar-refractivity contribution in [3.63, 3.8) is 0 Å². The number of para-hydroxylation sites is 1. The molecule has 2 saturated heterocycles. The van der Waals surface area contributed by atoms with Gasteiger partial charge in [0, 0.05) is 31.2 Å². The zero-order valence-corrected chi connectivity index (χ0v) is 14.1.